The summed E-state index contributed by atoms with van der Waals surface area (Å²) in [4.78, 5) is 64.6. The first-order chi connectivity index (χ1) is 50.0. The molecular weight excluding hydrogens is 1550 g/mol. The second kappa shape index (κ2) is 53.6. The number of ether oxygens (including phenoxy) is 4. The van der Waals surface area contributed by atoms with E-state index in [-0.39, 0.29) is 43.1 Å². The Morgan fingerprint density at radius 2 is 0.766 bits per heavy atom. The molecule has 5 aliphatic heterocycles. The van der Waals surface area contributed by atoms with Crippen molar-refractivity contribution in [3.63, 3.8) is 0 Å². The number of alkyl halides is 1. The van der Waals surface area contributed by atoms with Gasteiger partial charge < -0.3 is 49.0 Å². The van der Waals surface area contributed by atoms with Crippen molar-refractivity contribution in [3.05, 3.63) is 87.7 Å². The van der Waals surface area contributed by atoms with Gasteiger partial charge in [0.05, 0.1) is 38.5 Å². The molecule has 0 unspecified atom stereocenters. The lowest BCUT2D eigenvalue weighted by molar-refractivity contribution is -0.0303. The fourth-order valence-corrected chi connectivity index (χ4v) is 9.39. The van der Waals surface area contributed by atoms with Gasteiger partial charge in [-0.25, -0.2) is 24.2 Å². The summed E-state index contributed by atoms with van der Waals surface area (Å²) >= 11 is 5.58. The number of aliphatic hydroxyl groups is 1. The van der Waals surface area contributed by atoms with Crippen LogP contribution in [0.1, 0.15) is 151 Å². The molecule has 5 saturated heterocycles. The second-order valence-corrected chi connectivity index (χ2v) is 30.9. The minimum absolute atomic E-state index is 0.185. The largest absolute Gasteiger partial charge is 0.444 e. The molecule has 20 nitrogen and oxygen atoms in total. The molecule has 5 fully saturated rings. The van der Waals surface area contributed by atoms with E-state index in [1.807, 2.05) is 106 Å². The van der Waals surface area contributed by atoms with E-state index in [4.69, 9.17) is 53.9 Å². The lowest BCUT2D eigenvalue weighted by Gasteiger charge is -2.39. The number of amides is 4. The van der Waals surface area contributed by atoms with Crippen molar-refractivity contribution in [1.29, 1.82) is 0 Å². The summed E-state index contributed by atoms with van der Waals surface area (Å²) in [6.45, 7) is 41.7. The molecule has 4 amide bonds. The summed E-state index contributed by atoms with van der Waals surface area (Å²) in [6, 6.07) is 12.2. The van der Waals surface area contributed by atoms with Gasteiger partial charge in [0.15, 0.2) is 0 Å². The predicted octanol–water partition coefficient (Wildman–Crippen LogP) is 11.8. The Bertz CT molecular complexity index is 4170. The van der Waals surface area contributed by atoms with Crippen LogP contribution in [0.3, 0.4) is 0 Å². The molecule has 0 radical (unpaired) electrons. The summed E-state index contributed by atoms with van der Waals surface area (Å²) in [5.41, 5.74) is 4.26. The van der Waals surface area contributed by atoms with E-state index in [2.05, 4.69) is 215 Å². The van der Waals surface area contributed by atoms with Crippen LogP contribution in [0.5, 0.6) is 0 Å². The summed E-state index contributed by atoms with van der Waals surface area (Å²) in [7, 11) is -3.45. The van der Waals surface area contributed by atoms with Crippen molar-refractivity contribution in [2.45, 2.75) is 182 Å². The highest BCUT2D eigenvalue weighted by Gasteiger charge is 2.38. The van der Waals surface area contributed by atoms with Crippen molar-refractivity contribution in [2.24, 2.45) is 0 Å². The number of β-amino-alcohol motifs (C(OH)–C–C–N with tert-alkyl or cyclic N) is 1. The number of nitrogens with one attached hydrogen (secondary N) is 1. The van der Waals surface area contributed by atoms with Crippen molar-refractivity contribution < 1.29 is 55.8 Å². The van der Waals surface area contributed by atoms with Crippen molar-refractivity contribution in [2.75, 3.05) is 71.7 Å². The molecule has 3 aromatic rings. The standard InChI is InChI=1S/C14H20N2O2.C9H12N2.C9H17NO5S.C9H4.C8H14INO2.C8H15NO3.C8H6.C7H4.C6H6BrN.C6H2/c1-10-5-6-15-12(7-10)11-8-16(9-11)13(17)18-14(2,3)4;1-7-2-3-11-9(4-7)8-5-10-6-8;1-9(2,3)14-8(11)10-5-7(6-10)15-16(4,12)13;1-3-5-7-9-8-6-4-2;1-8(2,3)12-7(11)10-4-6(9)5-10;1-8(2,3)12-7(11)9-4-6(10)5-9;1-3-5-7-8-6-4-2;1-3-5-7-6-4-2;1-5-2-3-8-6(7)4-5;1-3-5-6-4-2/h5-7,11H,8-9H2,1-4H3;2-4,8,10H,5-6H2,1H3;7H,5-6H2,1-4H3;1H,2H3;6H,4-5H2,1-3H3;6,10H,4-5H2,1-3H3;1-2H3;1H,2H3;2-4H,1H3;1-2H. The number of aliphatic hydroxyl groups excluding tert-OH is 1. The Labute approximate surface area is 661 Å². The fourth-order valence-electron chi connectivity index (χ4n) is 7.34. The maximum absolute atomic E-state index is 11.8. The molecule has 568 valence electrons. The number of terminal acetylenes is 4. The lowest BCUT2D eigenvalue weighted by Crippen LogP contribution is -2.56. The van der Waals surface area contributed by atoms with Crippen LogP contribution in [0.25, 0.3) is 0 Å². The summed E-state index contributed by atoms with van der Waals surface area (Å²) in [5, 5.41) is 12.2. The van der Waals surface area contributed by atoms with Gasteiger partial charge in [-0.1, -0.05) is 46.3 Å². The zero-order valence-electron chi connectivity index (χ0n) is 65.2. The third-order valence-corrected chi connectivity index (χ3v) is 14.0. The van der Waals surface area contributed by atoms with Crippen molar-refractivity contribution >= 4 is 73.0 Å². The zero-order valence-corrected chi connectivity index (χ0v) is 69.8. The number of aryl methyl sites for hydroxylation is 3. The van der Waals surface area contributed by atoms with E-state index < -0.39 is 39.1 Å². The molecule has 0 aromatic carbocycles. The molecule has 0 aliphatic carbocycles. The minimum Gasteiger partial charge on any atom is -0.444 e. The molecule has 8 rings (SSSR count). The molecule has 23 heteroatoms. The lowest BCUT2D eigenvalue weighted by atomic mass is 9.95. The molecule has 0 atom stereocenters. The molecule has 2 N–H and O–H groups in total. The first-order valence-corrected chi connectivity index (χ1v) is 37.1. The second-order valence-electron chi connectivity index (χ2n) is 26.8. The smallest absolute Gasteiger partial charge is 0.410 e. The topological polar surface area (TPSA) is 232 Å². The van der Waals surface area contributed by atoms with Gasteiger partial charge in [-0.3, -0.25) is 14.2 Å². The Hall–Kier alpha value is -10.2. The summed E-state index contributed by atoms with van der Waals surface area (Å²) in [6.07, 6.45) is 23.5. The number of carbonyl (C=O) groups is 4. The number of hydrogen-bond acceptors (Lipinski definition) is 16. The number of halogens is 2. The SMILES string of the molecule is C#CC#CC#C.C#CC#CC#CC.C#CC#CC#CC#CC.CC#CC#CC#CC.CC(C)(C)OC(=O)N1CC(I)C1.CC(C)(C)OC(=O)N1CC(O)C1.CC(C)(C)OC(=O)N1CC(OS(C)(=O)=O)C1.Cc1ccnc(Br)c1.Cc1ccnc(C2CN(C(=O)OC(C)(C)C)C2)c1.Cc1ccnc(C2CNC2)c1. The first kappa shape index (κ1) is 98.9. The number of pyridine rings is 3. The number of carbonyl (C=O) groups excluding carboxylic acids is 4. The van der Waals surface area contributed by atoms with E-state index >= 15 is 0 Å². The summed E-state index contributed by atoms with van der Waals surface area (Å²) < 4.78 is 48.4. The third-order valence-electron chi connectivity index (χ3n) is 12.1. The van der Waals surface area contributed by atoms with Crippen LogP contribution in [-0.2, 0) is 33.2 Å². The summed E-state index contributed by atoms with van der Waals surface area (Å²) in [5.74, 6) is 54.1. The van der Waals surface area contributed by atoms with E-state index in [0.29, 0.717) is 41.9 Å². The van der Waals surface area contributed by atoms with Gasteiger partial charge in [0, 0.05) is 85.0 Å². The molecule has 5 aliphatic rings. The van der Waals surface area contributed by atoms with Crippen LogP contribution in [0.4, 0.5) is 19.2 Å². The quantitative estimate of drug-likeness (QED) is 0.0617. The molecule has 0 bridgehead atoms. The Morgan fingerprint density at radius 1 is 0.477 bits per heavy atom. The molecule has 0 saturated carbocycles. The number of hydrogen-bond donors (Lipinski definition) is 2. The van der Waals surface area contributed by atoms with Gasteiger partial charge in [-0.15, -0.1) is 25.7 Å². The van der Waals surface area contributed by atoms with Gasteiger partial charge in [0.2, 0.25) is 0 Å². The van der Waals surface area contributed by atoms with Gasteiger partial charge >= 0.3 is 24.4 Å². The maximum Gasteiger partial charge on any atom is 0.410 e. The highest BCUT2D eigenvalue weighted by Crippen LogP contribution is 2.28. The fraction of sp³-hybridized carbons (Fsp3) is 0.464. The molecular formula is C84H100BrIN8O12S. The number of rotatable bonds is 4. The van der Waals surface area contributed by atoms with E-state index in [0.717, 1.165) is 42.7 Å². The van der Waals surface area contributed by atoms with E-state index in [1.165, 1.54) is 32.2 Å². The van der Waals surface area contributed by atoms with Crippen LogP contribution in [0.2, 0.25) is 0 Å². The van der Waals surface area contributed by atoms with Crippen LogP contribution >= 0.6 is 38.5 Å². The van der Waals surface area contributed by atoms with Crippen LogP contribution in [0, 0.1) is 177 Å². The van der Waals surface area contributed by atoms with Crippen molar-refractivity contribution in [3.8, 4) is 156 Å². The Kier molecular flexibility index (Phi) is 49.5. The number of aromatic nitrogens is 3. The van der Waals surface area contributed by atoms with Crippen LogP contribution < -0.4 is 5.32 Å². The van der Waals surface area contributed by atoms with Crippen LogP contribution in [-0.4, -0.2) is 183 Å². The zero-order chi connectivity index (χ0) is 81.8. The molecule has 107 heavy (non-hydrogen) atoms. The maximum atomic E-state index is 11.8. The average Bonchev–Trinajstić information content (AvgIpc) is 0.808. The number of likely N-dealkylation sites (tertiary alicyclic amines) is 4. The van der Waals surface area contributed by atoms with Gasteiger partial charge in [-0.2, -0.15) is 8.42 Å². The first-order valence-electron chi connectivity index (χ1n) is 33.2. The molecule has 0 spiro atoms. The van der Waals surface area contributed by atoms with Crippen molar-refractivity contribution in [1.82, 2.24) is 39.9 Å². The third kappa shape index (κ3) is 54.2. The van der Waals surface area contributed by atoms with E-state index in [1.54, 1.807) is 64.5 Å². The van der Waals surface area contributed by atoms with Gasteiger partial charge in [0.1, 0.15) is 33.1 Å². The molecule has 3 aromatic heterocycles. The predicted molar refractivity (Wildman–Crippen MR) is 436 cm³/mol. The average molecular weight is 1650 g/mol. The highest BCUT2D eigenvalue weighted by molar-refractivity contribution is 14.1. The van der Waals surface area contributed by atoms with Crippen LogP contribution in [0.15, 0.2) is 59.6 Å². The molecule has 8 heterocycles. The Morgan fingerprint density at radius 3 is 1.04 bits per heavy atom. The minimum atomic E-state index is -3.45. The monoisotopic (exact) mass is 1650 g/mol. The highest BCUT2D eigenvalue weighted by atomic mass is 127. The normalized spacial score (nSPS) is 13.2. The Balaban J connectivity index is 0. The van der Waals surface area contributed by atoms with Gasteiger partial charge in [-0.05, 0) is 307 Å². The number of nitrogens with zero attached hydrogens (tertiary/aromatic N) is 7. The van der Waals surface area contributed by atoms with E-state index in [9.17, 15) is 27.6 Å². The van der Waals surface area contributed by atoms with Gasteiger partial charge in [0.25, 0.3) is 10.1 Å².